The number of quaternary nitrogens is 1. The van der Waals surface area contributed by atoms with Gasteiger partial charge in [0.2, 0.25) is 0 Å². The lowest BCUT2D eigenvalue weighted by Gasteiger charge is -2.34. The van der Waals surface area contributed by atoms with Gasteiger partial charge in [0.05, 0.1) is 40.3 Å². The fourth-order valence-corrected chi connectivity index (χ4v) is 5.86. The number of hydrogen-bond donors (Lipinski definition) is 0. The normalized spacial score (nSPS) is 13.2. The van der Waals surface area contributed by atoms with Crippen molar-refractivity contribution in [1.29, 1.82) is 0 Å². The van der Waals surface area contributed by atoms with Crippen LogP contribution in [0.25, 0.3) is 0 Å². The SMILES string of the molecule is CCCCCCC/C=C\C/C=C\CCCCCCCCCCCCCC(=O)OC(COCCC(C(=O)[O-])[N+](C)(C)C)COC(=O)CCCCC. The molecule has 0 aromatic carbocycles. The summed E-state index contributed by atoms with van der Waals surface area (Å²) in [6.07, 6.45) is 35.7. The number of rotatable bonds is 36. The third-order valence-electron chi connectivity index (χ3n) is 9.09. The van der Waals surface area contributed by atoms with Crippen molar-refractivity contribution in [3.05, 3.63) is 24.3 Å². The van der Waals surface area contributed by atoms with Crippen molar-refractivity contribution in [2.45, 2.75) is 187 Å². The van der Waals surface area contributed by atoms with Gasteiger partial charge in [-0.05, 0) is 44.9 Å². The molecule has 0 heterocycles. The minimum absolute atomic E-state index is 0.0408. The van der Waals surface area contributed by atoms with Gasteiger partial charge in [0.15, 0.2) is 6.10 Å². The number of allylic oxidation sites excluding steroid dienone is 4. The third kappa shape index (κ3) is 31.8. The molecule has 0 aliphatic rings. The second-order valence-corrected chi connectivity index (χ2v) is 14.9. The molecule has 2 atom stereocenters. The summed E-state index contributed by atoms with van der Waals surface area (Å²) in [7, 11) is 5.38. The lowest BCUT2D eigenvalue weighted by Crippen LogP contribution is -2.55. The molecule has 8 nitrogen and oxygen atoms in total. The van der Waals surface area contributed by atoms with Crippen molar-refractivity contribution < 1.29 is 38.2 Å². The van der Waals surface area contributed by atoms with Gasteiger partial charge in [0.1, 0.15) is 12.6 Å². The van der Waals surface area contributed by atoms with E-state index in [9.17, 15) is 19.5 Å². The number of unbranched alkanes of at least 4 members (excludes halogenated alkanes) is 18. The molecule has 0 aromatic heterocycles. The summed E-state index contributed by atoms with van der Waals surface area (Å²) < 4.78 is 16.9. The second kappa shape index (κ2) is 33.9. The Hall–Kier alpha value is -2.19. The van der Waals surface area contributed by atoms with Crippen molar-refractivity contribution in [2.75, 3.05) is 41.0 Å². The molecule has 8 heteroatoms. The average molecular weight is 708 g/mol. The van der Waals surface area contributed by atoms with E-state index in [1.165, 1.54) is 96.3 Å². The maximum Gasteiger partial charge on any atom is 0.306 e. The first-order chi connectivity index (χ1) is 24.1. The van der Waals surface area contributed by atoms with E-state index < -0.39 is 18.1 Å². The van der Waals surface area contributed by atoms with Gasteiger partial charge in [0.25, 0.3) is 0 Å². The van der Waals surface area contributed by atoms with Crippen LogP contribution in [0.15, 0.2) is 24.3 Å². The maximum atomic E-state index is 12.6. The fourth-order valence-electron chi connectivity index (χ4n) is 5.86. The molecule has 0 N–H and O–H groups in total. The molecule has 0 saturated heterocycles. The minimum Gasteiger partial charge on any atom is -0.544 e. The summed E-state index contributed by atoms with van der Waals surface area (Å²) in [6, 6.07) is -0.720. The molecule has 0 fully saturated rings. The smallest absolute Gasteiger partial charge is 0.306 e. The van der Waals surface area contributed by atoms with Gasteiger partial charge in [-0.1, -0.05) is 134 Å². The predicted octanol–water partition coefficient (Wildman–Crippen LogP) is 9.19. The van der Waals surface area contributed by atoms with Crippen LogP contribution < -0.4 is 5.11 Å². The lowest BCUT2D eigenvalue weighted by molar-refractivity contribution is -0.889. The van der Waals surface area contributed by atoms with E-state index in [2.05, 4.69) is 38.2 Å². The maximum absolute atomic E-state index is 12.6. The molecule has 0 bridgehead atoms. The summed E-state index contributed by atoms with van der Waals surface area (Å²) in [4.78, 5) is 36.2. The molecule has 0 saturated carbocycles. The highest BCUT2D eigenvalue weighted by Crippen LogP contribution is 2.14. The number of carbonyl (C=O) groups is 3. The number of nitrogens with zero attached hydrogens (tertiary/aromatic N) is 1. The van der Waals surface area contributed by atoms with Crippen molar-refractivity contribution in [1.82, 2.24) is 0 Å². The van der Waals surface area contributed by atoms with Crippen LogP contribution in [0.5, 0.6) is 0 Å². The highest BCUT2D eigenvalue weighted by Gasteiger charge is 2.25. The molecule has 0 aliphatic heterocycles. The van der Waals surface area contributed by atoms with Gasteiger partial charge < -0.3 is 28.6 Å². The first-order valence-corrected chi connectivity index (χ1v) is 20.4. The van der Waals surface area contributed by atoms with Gasteiger partial charge in [-0.15, -0.1) is 0 Å². The first-order valence-electron chi connectivity index (χ1n) is 20.4. The Morgan fingerprint density at radius 2 is 1.06 bits per heavy atom. The third-order valence-corrected chi connectivity index (χ3v) is 9.09. The Kier molecular flexibility index (Phi) is 32.4. The highest BCUT2D eigenvalue weighted by atomic mass is 16.6. The van der Waals surface area contributed by atoms with Crippen LogP contribution in [0.1, 0.15) is 174 Å². The standard InChI is InChI=1S/C42H77NO7/c1-6-8-10-11-12-13-14-15-16-17-18-19-20-21-22-23-24-25-26-27-28-29-31-33-41(45)50-38(37-49-40(44)32-30-9-7-2)36-48-35-34-39(42(46)47)43(3,4)5/h14-15,17-18,38-39H,6-13,16,19-37H2,1-5H3/b15-14-,18-17-. The van der Waals surface area contributed by atoms with E-state index in [1.807, 2.05) is 0 Å². The predicted molar refractivity (Wildman–Crippen MR) is 204 cm³/mol. The highest BCUT2D eigenvalue weighted by molar-refractivity contribution is 5.70. The van der Waals surface area contributed by atoms with Crippen LogP contribution in [0, 0.1) is 0 Å². The Balaban J connectivity index is 4.02. The van der Waals surface area contributed by atoms with Crippen molar-refractivity contribution >= 4 is 17.9 Å². The summed E-state index contributed by atoms with van der Waals surface area (Å²) in [5, 5.41) is 11.5. The molecule has 0 aliphatic carbocycles. The van der Waals surface area contributed by atoms with Crippen molar-refractivity contribution in [3.63, 3.8) is 0 Å². The molecular formula is C42H77NO7. The molecule has 0 spiro atoms. The van der Waals surface area contributed by atoms with Gasteiger partial charge in [-0.2, -0.15) is 0 Å². The molecule has 50 heavy (non-hydrogen) atoms. The fraction of sp³-hybridized carbons (Fsp3) is 0.833. The molecule has 2 unspecified atom stereocenters. The number of hydrogen-bond acceptors (Lipinski definition) is 7. The molecular weight excluding hydrogens is 630 g/mol. The van der Waals surface area contributed by atoms with E-state index in [4.69, 9.17) is 14.2 Å². The Bertz CT molecular complexity index is 880. The quantitative estimate of drug-likeness (QED) is 0.0277. The summed E-state index contributed by atoms with van der Waals surface area (Å²) in [5.41, 5.74) is 0. The van der Waals surface area contributed by atoms with Crippen LogP contribution in [0.3, 0.4) is 0 Å². The Labute approximate surface area is 307 Å². The van der Waals surface area contributed by atoms with Gasteiger partial charge in [-0.3, -0.25) is 9.59 Å². The number of esters is 2. The monoisotopic (exact) mass is 708 g/mol. The van der Waals surface area contributed by atoms with Crippen LogP contribution in [0.4, 0.5) is 0 Å². The van der Waals surface area contributed by atoms with E-state index in [1.54, 1.807) is 21.1 Å². The zero-order valence-corrected chi connectivity index (χ0v) is 33.1. The number of likely N-dealkylation sites (N-methyl/N-ethyl adjacent to an activating group) is 1. The molecule has 292 valence electrons. The van der Waals surface area contributed by atoms with E-state index in [0.717, 1.165) is 44.9 Å². The van der Waals surface area contributed by atoms with Crippen molar-refractivity contribution in [3.8, 4) is 0 Å². The van der Waals surface area contributed by atoms with Gasteiger partial charge >= 0.3 is 11.9 Å². The number of aliphatic carboxylic acids is 1. The molecule has 0 aromatic rings. The Morgan fingerprint density at radius 3 is 1.58 bits per heavy atom. The van der Waals surface area contributed by atoms with Crippen LogP contribution in [0.2, 0.25) is 0 Å². The first kappa shape index (κ1) is 47.8. The molecule has 0 radical (unpaired) electrons. The topological polar surface area (TPSA) is 102 Å². The zero-order valence-electron chi connectivity index (χ0n) is 33.1. The van der Waals surface area contributed by atoms with Crippen LogP contribution in [-0.2, 0) is 28.6 Å². The summed E-state index contributed by atoms with van der Waals surface area (Å²) >= 11 is 0. The molecule has 0 rings (SSSR count). The number of carboxylic acid groups (broad SMARTS) is 1. The van der Waals surface area contributed by atoms with E-state index >= 15 is 0 Å². The van der Waals surface area contributed by atoms with E-state index in [0.29, 0.717) is 12.8 Å². The van der Waals surface area contributed by atoms with Gasteiger partial charge in [-0.25, -0.2) is 0 Å². The Morgan fingerprint density at radius 1 is 0.600 bits per heavy atom. The lowest BCUT2D eigenvalue weighted by atomic mass is 10.0. The second-order valence-electron chi connectivity index (χ2n) is 14.9. The summed E-state index contributed by atoms with van der Waals surface area (Å²) in [6.45, 7) is 4.48. The van der Waals surface area contributed by atoms with Crippen LogP contribution in [-0.4, -0.2) is 75.5 Å². The van der Waals surface area contributed by atoms with Gasteiger partial charge in [0, 0.05) is 19.3 Å². The minimum atomic E-state index is -1.13. The van der Waals surface area contributed by atoms with Crippen LogP contribution >= 0.6 is 0 Å². The number of ether oxygens (including phenoxy) is 3. The van der Waals surface area contributed by atoms with Crippen molar-refractivity contribution in [2.24, 2.45) is 0 Å². The largest absolute Gasteiger partial charge is 0.544 e. The van der Waals surface area contributed by atoms with E-state index in [-0.39, 0.29) is 42.7 Å². The average Bonchev–Trinajstić information content (AvgIpc) is 3.06. The summed E-state index contributed by atoms with van der Waals surface area (Å²) in [5.74, 6) is -1.76. The zero-order chi connectivity index (χ0) is 37.1. The number of carboxylic acids is 1. The molecule has 0 amide bonds. The number of carbonyl (C=O) groups excluding carboxylic acids is 3.